The molecular formula is C13H16N2OS. The molecule has 2 N–H and O–H groups in total. The Kier molecular flexibility index (Phi) is 3.76. The van der Waals surface area contributed by atoms with Crippen molar-refractivity contribution in [3.8, 4) is 5.75 Å². The Hall–Kier alpha value is -1.39. The number of aromatic hydroxyl groups is 1. The van der Waals surface area contributed by atoms with E-state index in [0.29, 0.717) is 5.75 Å². The number of hydrogen-bond acceptors (Lipinski definition) is 4. The SMILES string of the molecule is Cc1ccc(C(C)NCc2cscn2)c(O)c1. The Bertz CT molecular complexity index is 482. The van der Waals surface area contributed by atoms with E-state index in [9.17, 15) is 5.11 Å². The molecule has 0 radical (unpaired) electrons. The van der Waals surface area contributed by atoms with Crippen LogP contribution in [-0.2, 0) is 6.54 Å². The molecule has 3 nitrogen and oxygen atoms in total. The molecule has 1 heterocycles. The van der Waals surface area contributed by atoms with Gasteiger partial charge in [-0.2, -0.15) is 0 Å². The number of thiazole rings is 1. The van der Waals surface area contributed by atoms with Crippen LogP contribution in [0.2, 0.25) is 0 Å². The monoisotopic (exact) mass is 248 g/mol. The van der Waals surface area contributed by atoms with Gasteiger partial charge in [-0.05, 0) is 25.5 Å². The van der Waals surface area contributed by atoms with Crippen LogP contribution in [-0.4, -0.2) is 10.1 Å². The molecule has 0 aliphatic rings. The maximum atomic E-state index is 9.87. The average Bonchev–Trinajstić information content (AvgIpc) is 2.78. The van der Waals surface area contributed by atoms with Gasteiger partial charge >= 0.3 is 0 Å². The first-order valence-corrected chi connectivity index (χ1v) is 6.51. The lowest BCUT2D eigenvalue weighted by Crippen LogP contribution is -2.18. The molecule has 2 aromatic rings. The van der Waals surface area contributed by atoms with Gasteiger partial charge in [0.1, 0.15) is 5.75 Å². The summed E-state index contributed by atoms with van der Waals surface area (Å²) in [5.74, 6) is 0.350. The molecule has 1 atom stereocenters. The first-order valence-electron chi connectivity index (χ1n) is 5.57. The van der Waals surface area contributed by atoms with E-state index in [0.717, 1.165) is 23.4 Å². The van der Waals surface area contributed by atoms with Crippen molar-refractivity contribution in [1.29, 1.82) is 0 Å². The van der Waals surface area contributed by atoms with Gasteiger partial charge < -0.3 is 10.4 Å². The van der Waals surface area contributed by atoms with Crippen LogP contribution in [0.3, 0.4) is 0 Å². The Labute approximate surface area is 105 Å². The van der Waals surface area contributed by atoms with E-state index in [1.807, 2.05) is 36.9 Å². The number of aromatic nitrogens is 1. The number of phenols is 1. The van der Waals surface area contributed by atoms with Gasteiger partial charge in [0.25, 0.3) is 0 Å². The highest BCUT2D eigenvalue weighted by Crippen LogP contribution is 2.25. The molecule has 4 heteroatoms. The minimum absolute atomic E-state index is 0.109. The van der Waals surface area contributed by atoms with Crippen molar-refractivity contribution < 1.29 is 5.11 Å². The zero-order chi connectivity index (χ0) is 12.3. The van der Waals surface area contributed by atoms with Gasteiger partial charge in [0.15, 0.2) is 0 Å². The molecule has 0 fully saturated rings. The zero-order valence-electron chi connectivity index (χ0n) is 9.97. The summed E-state index contributed by atoms with van der Waals surface area (Å²) < 4.78 is 0. The molecule has 1 aromatic heterocycles. The molecule has 2 rings (SSSR count). The Morgan fingerprint density at radius 2 is 2.29 bits per heavy atom. The minimum atomic E-state index is 0.109. The molecule has 0 aliphatic heterocycles. The fourth-order valence-electron chi connectivity index (χ4n) is 1.71. The summed E-state index contributed by atoms with van der Waals surface area (Å²) in [6.45, 7) is 4.73. The lowest BCUT2D eigenvalue weighted by atomic mass is 10.1. The van der Waals surface area contributed by atoms with Gasteiger partial charge in [0, 0.05) is 23.5 Å². The molecule has 1 aromatic carbocycles. The number of benzene rings is 1. The number of phenolic OH excluding ortho intramolecular Hbond substituents is 1. The summed E-state index contributed by atoms with van der Waals surface area (Å²) in [7, 11) is 0. The summed E-state index contributed by atoms with van der Waals surface area (Å²) in [4.78, 5) is 4.21. The molecule has 17 heavy (non-hydrogen) atoms. The molecule has 0 saturated carbocycles. The molecule has 0 saturated heterocycles. The van der Waals surface area contributed by atoms with E-state index in [2.05, 4.69) is 10.3 Å². The number of nitrogens with zero attached hydrogens (tertiary/aromatic N) is 1. The Morgan fingerprint density at radius 3 is 2.94 bits per heavy atom. The molecule has 0 amide bonds. The predicted molar refractivity (Wildman–Crippen MR) is 70.2 cm³/mol. The lowest BCUT2D eigenvalue weighted by molar-refractivity contribution is 0.451. The predicted octanol–water partition coefficient (Wildman–Crippen LogP) is 3.01. The van der Waals surface area contributed by atoms with E-state index in [4.69, 9.17) is 0 Å². The molecule has 0 aliphatic carbocycles. The van der Waals surface area contributed by atoms with E-state index < -0.39 is 0 Å². The van der Waals surface area contributed by atoms with Crippen LogP contribution in [0.5, 0.6) is 5.75 Å². The third-order valence-corrected chi connectivity index (χ3v) is 3.36. The lowest BCUT2D eigenvalue weighted by Gasteiger charge is -2.15. The zero-order valence-corrected chi connectivity index (χ0v) is 10.8. The highest BCUT2D eigenvalue weighted by atomic mass is 32.1. The normalized spacial score (nSPS) is 12.6. The molecule has 1 unspecified atom stereocenters. The summed E-state index contributed by atoms with van der Waals surface area (Å²) in [5.41, 5.74) is 4.85. The third-order valence-electron chi connectivity index (χ3n) is 2.73. The van der Waals surface area contributed by atoms with E-state index in [-0.39, 0.29) is 6.04 Å². The number of rotatable bonds is 4. The quantitative estimate of drug-likeness (QED) is 0.874. The number of hydrogen-bond donors (Lipinski definition) is 2. The van der Waals surface area contributed by atoms with Gasteiger partial charge in [0.2, 0.25) is 0 Å². The highest BCUT2D eigenvalue weighted by molar-refractivity contribution is 7.07. The third kappa shape index (κ3) is 3.05. The van der Waals surface area contributed by atoms with Gasteiger partial charge in [0.05, 0.1) is 11.2 Å². The fraction of sp³-hybridized carbons (Fsp3) is 0.308. The van der Waals surface area contributed by atoms with Crippen molar-refractivity contribution in [2.75, 3.05) is 0 Å². The van der Waals surface area contributed by atoms with E-state index >= 15 is 0 Å². The van der Waals surface area contributed by atoms with E-state index in [1.54, 1.807) is 17.4 Å². The smallest absolute Gasteiger partial charge is 0.120 e. The standard InChI is InChI=1S/C13H16N2OS/c1-9-3-4-12(13(16)5-9)10(2)14-6-11-7-17-8-15-11/h3-5,7-8,10,14,16H,6H2,1-2H3. The molecule has 90 valence electrons. The summed E-state index contributed by atoms with van der Waals surface area (Å²) in [6.07, 6.45) is 0. The maximum absolute atomic E-state index is 9.87. The van der Waals surface area contributed by atoms with Gasteiger partial charge in [-0.15, -0.1) is 11.3 Å². The molecular weight excluding hydrogens is 232 g/mol. The average molecular weight is 248 g/mol. The second kappa shape index (κ2) is 5.29. The second-order valence-corrected chi connectivity index (χ2v) is 4.86. The van der Waals surface area contributed by atoms with Crippen LogP contribution in [0.4, 0.5) is 0 Å². The largest absolute Gasteiger partial charge is 0.508 e. The van der Waals surface area contributed by atoms with Gasteiger partial charge in [-0.1, -0.05) is 12.1 Å². The van der Waals surface area contributed by atoms with Crippen LogP contribution in [0.1, 0.15) is 29.8 Å². The van der Waals surface area contributed by atoms with Crippen molar-refractivity contribution >= 4 is 11.3 Å². The molecule has 0 bridgehead atoms. The fourth-order valence-corrected chi connectivity index (χ4v) is 2.27. The summed E-state index contributed by atoms with van der Waals surface area (Å²) in [6, 6.07) is 5.87. The van der Waals surface area contributed by atoms with Crippen LogP contribution >= 0.6 is 11.3 Å². The van der Waals surface area contributed by atoms with Crippen LogP contribution in [0, 0.1) is 6.92 Å². The topological polar surface area (TPSA) is 45.2 Å². The summed E-state index contributed by atoms with van der Waals surface area (Å²) in [5, 5.41) is 15.2. The highest BCUT2D eigenvalue weighted by Gasteiger charge is 2.10. The first-order chi connectivity index (χ1) is 8.16. The summed E-state index contributed by atoms with van der Waals surface area (Å²) >= 11 is 1.59. The Balaban J connectivity index is 2.01. The number of aryl methyl sites for hydroxylation is 1. The number of nitrogens with one attached hydrogen (secondary N) is 1. The van der Waals surface area contributed by atoms with Crippen molar-refractivity contribution in [1.82, 2.24) is 10.3 Å². The maximum Gasteiger partial charge on any atom is 0.120 e. The second-order valence-electron chi connectivity index (χ2n) is 4.14. The van der Waals surface area contributed by atoms with Gasteiger partial charge in [-0.25, -0.2) is 4.98 Å². The van der Waals surface area contributed by atoms with Crippen LogP contribution in [0.25, 0.3) is 0 Å². The van der Waals surface area contributed by atoms with E-state index in [1.165, 1.54) is 0 Å². The first kappa shape index (κ1) is 12.1. The van der Waals surface area contributed by atoms with Crippen molar-refractivity contribution in [2.45, 2.75) is 26.4 Å². The van der Waals surface area contributed by atoms with Crippen molar-refractivity contribution in [3.63, 3.8) is 0 Å². The van der Waals surface area contributed by atoms with Gasteiger partial charge in [-0.3, -0.25) is 0 Å². The minimum Gasteiger partial charge on any atom is -0.508 e. The van der Waals surface area contributed by atoms with Crippen LogP contribution in [0.15, 0.2) is 29.1 Å². The Morgan fingerprint density at radius 1 is 1.47 bits per heavy atom. The molecule has 0 spiro atoms. The van der Waals surface area contributed by atoms with Crippen molar-refractivity contribution in [2.24, 2.45) is 0 Å². The van der Waals surface area contributed by atoms with Crippen LogP contribution < -0.4 is 5.32 Å². The van der Waals surface area contributed by atoms with Crippen molar-refractivity contribution in [3.05, 3.63) is 45.9 Å².